The monoisotopic (exact) mass is 391 g/mol. The number of esters is 2. The van der Waals surface area contributed by atoms with Crippen molar-refractivity contribution in [1.82, 2.24) is 4.90 Å². The smallest absolute Gasteiger partial charge is 0.338 e. The minimum absolute atomic E-state index is 0.200. The Morgan fingerprint density at radius 2 is 1.79 bits per heavy atom. The highest BCUT2D eigenvalue weighted by molar-refractivity contribution is 5.93. The number of piperidine rings is 1. The summed E-state index contributed by atoms with van der Waals surface area (Å²) in [4.78, 5) is 48.9. The van der Waals surface area contributed by atoms with E-state index in [1.54, 1.807) is 11.8 Å². The van der Waals surface area contributed by atoms with Gasteiger partial charge in [-0.15, -0.1) is 0 Å². The molecule has 1 aliphatic rings. The fourth-order valence-electron chi connectivity index (χ4n) is 2.96. The third kappa shape index (κ3) is 5.70. The number of nitrogens with one attached hydrogen (secondary N) is 1. The van der Waals surface area contributed by atoms with Gasteiger partial charge in [-0.25, -0.2) is 9.59 Å². The van der Waals surface area contributed by atoms with Crippen molar-refractivity contribution in [3.63, 3.8) is 0 Å². The minimum Gasteiger partial charge on any atom is -0.466 e. The zero-order valence-electron chi connectivity index (χ0n) is 16.0. The molecule has 1 aliphatic heterocycles. The van der Waals surface area contributed by atoms with Crippen LogP contribution in [0.5, 0.6) is 0 Å². The van der Waals surface area contributed by atoms with Crippen LogP contribution in [0.2, 0.25) is 0 Å². The van der Waals surface area contributed by atoms with Crippen molar-refractivity contribution in [2.45, 2.75) is 32.8 Å². The molecule has 0 unspecified atom stereocenters. The van der Waals surface area contributed by atoms with Crippen LogP contribution < -0.4 is 11.1 Å². The molecule has 3 N–H and O–H groups in total. The molecule has 0 bridgehead atoms. The first kappa shape index (κ1) is 21.2. The summed E-state index contributed by atoms with van der Waals surface area (Å²) in [6, 6.07) is 5.24. The van der Waals surface area contributed by atoms with E-state index in [1.807, 2.05) is 0 Å². The van der Waals surface area contributed by atoms with Gasteiger partial charge >= 0.3 is 18.0 Å². The van der Waals surface area contributed by atoms with E-state index >= 15 is 0 Å². The van der Waals surface area contributed by atoms with Gasteiger partial charge in [0.05, 0.1) is 18.1 Å². The normalized spacial score (nSPS) is 15.4. The number of anilines is 1. The SMILES string of the molecule is CCOC(=O)C1CCN(C(=O)[C@H](C)OC(=O)c2ccc(NC(N)=O)cc2)CC1. The highest BCUT2D eigenvalue weighted by atomic mass is 16.5. The number of carbonyl (C=O) groups is 4. The van der Waals surface area contributed by atoms with Gasteiger partial charge in [-0.1, -0.05) is 0 Å². The average molecular weight is 391 g/mol. The first-order valence-electron chi connectivity index (χ1n) is 9.14. The third-order valence-electron chi connectivity index (χ3n) is 4.45. The lowest BCUT2D eigenvalue weighted by atomic mass is 9.97. The van der Waals surface area contributed by atoms with Gasteiger partial charge in [-0.2, -0.15) is 0 Å². The molecule has 1 fully saturated rings. The van der Waals surface area contributed by atoms with Crippen LogP contribution in [0.15, 0.2) is 24.3 Å². The lowest BCUT2D eigenvalue weighted by Gasteiger charge is -2.32. The van der Waals surface area contributed by atoms with Crippen LogP contribution in [0.4, 0.5) is 10.5 Å². The van der Waals surface area contributed by atoms with Crippen LogP contribution in [0.1, 0.15) is 37.0 Å². The second-order valence-electron chi connectivity index (χ2n) is 6.47. The van der Waals surface area contributed by atoms with Crippen LogP contribution in [-0.4, -0.2) is 54.6 Å². The van der Waals surface area contributed by atoms with E-state index in [9.17, 15) is 19.2 Å². The van der Waals surface area contributed by atoms with Crippen LogP contribution in [0, 0.1) is 5.92 Å². The fraction of sp³-hybridized carbons (Fsp3) is 0.474. The molecule has 0 radical (unpaired) electrons. The van der Waals surface area contributed by atoms with E-state index < -0.39 is 18.1 Å². The summed E-state index contributed by atoms with van der Waals surface area (Å²) in [6.07, 6.45) is 0.106. The summed E-state index contributed by atoms with van der Waals surface area (Å²) in [6.45, 7) is 4.44. The summed E-state index contributed by atoms with van der Waals surface area (Å²) in [7, 11) is 0. The molecule has 9 heteroatoms. The van der Waals surface area contributed by atoms with E-state index in [0.29, 0.717) is 38.2 Å². The van der Waals surface area contributed by atoms with Crippen LogP contribution in [0.25, 0.3) is 0 Å². The van der Waals surface area contributed by atoms with E-state index in [2.05, 4.69) is 5.32 Å². The number of ether oxygens (including phenoxy) is 2. The van der Waals surface area contributed by atoms with Gasteiger partial charge in [0.15, 0.2) is 6.10 Å². The van der Waals surface area contributed by atoms with Gasteiger partial charge in [-0.3, -0.25) is 9.59 Å². The standard InChI is InChI=1S/C19H25N3O6/c1-3-27-17(24)14-8-10-22(11-9-14)16(23)12(2)28-18(25)13-4-6-15(7-5-13)21-19(20)26/h4-7,12,14H,3,8-11H2,1-2H3,(H3,20,21,26)/t12-/m0/s1. The first-order valence-corrected chi connectivity index (χ1v) is 9.14. The fourth-order valence-corrected chi connectivity index (χ4v) is 2.96. The van der Waals surface area contributed by atoms with Crippen molar-refractivity contribution < 1.29 is 28.7 Å². The number of benzene rings is 1. The predicted octanol–water partition coefficient (Wildman–Crippen LogP) is 1.52. The van der Waals surface area contributed by atoms with Gasteiger partial charge < -0.3 is 25.4 Å². The molecule has 1 saturated heterocycles. The van der Waals surface area contributed by atoms with E-state index in [1.165, 1.54) is 31.2 Å². The number of amides is 3. The topological polar surface area (TPSA) is 128 Å². The van der Waals surface area contributed by atoms with E-state index in [4.69, 9.17) is 15.2 Å². The molecule has 152 valence electrons. The van der Waals surface area contributed by atoms with Crippen LogP contribution in [0.3, 0.4) is 0 Å². The molecule has 3 amide bonds. The Hall–Kier alpha value is -3.10. The Kier molecular flexibility index (Phi) is 7.36. The van der Waals surface area contributed by atoms with Crippen molar-refractivity contribution in [3.8, 4) is 0 Å². The number of hydrogen-bond acceptors (Lipinski definition) is 6. The molecule has 28 heavy (non-hydrogen) atoms. The van der Waals surface area contributed by atoms with Crippen molar-refractivity contribution in [1.29, 1.82) is 0 Å². The lowest BCUT2D eigenvalue weighted by molar-refractivity contribution is -0.152. The Morgan fingerprint density at radius 3 is 2.32 bits per heavy atom. The number of carbonyl (C=O) groups excluding carboxylic acids is 4. The maximum Gasteiger partial charge on any atom is 0.338 e. The molecule has 0 spiro atoms. The van der Waals surface area contributed by atoms with Gasteiger partial charge in [-0.05, 0) is 51.0 Å². The van der Waals surface area contributed by atoms with E-state index in [0.717, 1.165) is 0 Å². The van der Waals surface area contributed by atoms with Crippen molar-refractivity contribution in [3.05, 3.63) is 29.8 Å². The van der Waals surface area contributed by atoms with Gasteiger partial charge in [0.2, 0.25) is 0 Å². The lowest BCUT2D eigenvalue weighted by Crippen LogP contribution is -2.45. The Morgan fingerprint density at radius 1 is 1.18 bits per heavy atom. The second-order valence-corrected chi connectivity index (χ2v) is 6.47. The van der Waals surface area contributed by atoms with Crippen molar-refractivity contribution in [2.24, 2.45) is 11.7 Å². The van der Waals surface area contributed by atoms with Gasteiger partial charge in [0.25, 0.3) is 5.91 Å². The first-order chi connectivity index (χ1) is 13.3. The molecule has 1 atom stereocenters. The summed E-state index contributed by atoms with van der Waals surface area (Å²) >= 11 is 0. The molecule has 9 nitrogen and oxygen atoms in total. The number of nitrogens with zero attached hydrogens (tertiary/aromatic N) is 1. The highest BCUT2D eigenvalue weighted by Gasteiger charge is 2.31. The molecular formula is C19H25N3O6. The molecule has 1 aromatic carbocycles. The van der Waals surface area contributed by atoms with Gasteiger partial charge in [0.1, 0.15) is 0 Å². The highest BCUT2D eigenvalue weighted by Crippen LogP contribution is 2.20. The zero-order chi connectivity index (χ0) is 20.7. The molecule has 0 saturated carbocycles. The third-order valence-corrected chi connectivity index (χ3v) is 4.45. The van der Waals surface area contributed by atoms with Crippen molar-refractivity contribution in [2.75, 3.05) is 25.0 Å². The quantitative estimate of drug-likeness (QED) is 0.708. The number of primary amides is 1. The summed E-state index contributed by atoms with van der Waals surface area (Å²) in [5.41, 5.74) is 5.71. The maximum atomic E-state index is 12.5. The number of likely N-dealkylation sites (tertiary alicyclic amines) is 1. The maximum absolute atomic E-state index is 12.5. The molecule has 0 aliphatic carbocycles. The molecule has 2 rings (SSSR count). The minimum atomic E-state index is -0.949. The number of nitrogens with two attached hydrogens (primary N) is 1. The molecular weight excluding hydrogens is 366 g/mol. The van der Waals surface area contributed by atoms with Crippen molar-refractivity contribution >= 4 is 29.6 Å². The largest absolute Gasteiger partial charge is 0.466 e. The van der Waals surface area contributed by atoms with Gasteiger partial charge in [0, 0.05) is 18.8 Å². The zero-order valence-corrected chi connectivity index (χ0v) is 16.0. The molecule has 1 aromatic rings. The Balaban J connectivity index is 1.86. The molecule has 1 heterocycles. The second kappa shape index (κ2) is 9.72. The average Bonchev–Trinajstić information content (AvgIpc) is 2.67. The van der Waals surface area contributed by atoms with Crippen LogP contribution in [-0.2, 0) is 19.1 Å². The number of hydrogen-bond donors (Lipinski definition) is 2. The molecule has 0 aromatic heterocycles. The Labute approximate surface area is 163 Å². The summed E-state index contributed by atoms with van der Waals surface area (Å²) in [5, 5.41) is 2.39. The summed E-state index contributed by atoms with van der Waals surface area (Å²) in [5.74, 6) is -1.38. The number of rotatable bonds is 6. The Bertz CT molecular complexity index is 726. The number of urea groups is 1. The summed E-state index contributed by atoms with van der Waals surface area (Å²) < 4.78 is 10.3. The van der Waals surface area contributed by atoms with E-state index in [-0.39, 0.29) is 23.4 Å². The predicted molar refractivity (Wildman–Crippen MR) is 100 cm³/mol. The van der Waals surface area contributed by atoms with Crippen LogP contribution >= 0.6 is 0 Å².